The van der Waals surface area contributed by atoms with E-state index >= 15 is 0 Å². The number of methoxy groups -OCH3 is 1. The van der Waals surface area contributed by atoms with Crippen molar-refractivity contribution in [3.8, 4) is 0 Å². The molecule has 5 nitrogen and oxygen atoms in total. The first-order chi connectivity index (χ1) is 12.5. The number of esters is 1. The van der Waals surface area contributed by atoms with Gasteiger partial charge in [0.15, 0.2) is 0 Å². The number of benzene rings is 1. The Morgan fingerprint density at radius 1 is 1.04 bits per heavy atom. The van der Waals surface area contributed by atoms with Crippen LogP contribution in [0.15, 0.2) is 30.3 Å². The van der Waals surface area contributed by atoms with Crippen LogP contribution in [-0.2, 0) is 20.7 Å². The zero-order chi connectivity index (χ0) is 19.4. The Morgan fingerprint density at radius 3 is 2.23 bits per heavy atom. The van der Waals surface area contributed by atoms with Crippen LogP contribution in [0.1, 0.15) is 39.2 Å². The third-order valence-corrected chi connectivity index (χ3v) is 4.70. The van der Waals surface area contributed by atoms with Crippen molar-refractivity contribution in [1.29, 1.82) is 0 Å². The van der Waals surface area contributed by atoms with Crippen molar-refractivity contribution in [1.82, 2.24) is 9.80 Å². The van der Waals surface area contributed by atoms with E-state index in [-0.39, 0.29) is 17.8 Å². The molecule has 0 fully saturated rings. The first kappa shape index (κ1) is 22.2. The lowest BCUT2D eigenvalue weighted by molar-refractivity contribution is -0.146. The summed E-state index contributed by atoms with van der Waals surface area (Å²) in [6, 6.07) is 9.74. The molecule has 1 atom stereocenters. The smallest absolute Gasteiger partial charge is 0.310 e. The molecule has 26 heavy (non-hydrogen) atoms. The Balaban J connectivity index is 2.62. The average Bonchev–Trinajstić information content (AvgIpc) is 2.67. The summed E-state index contributed by atoms with van der Waals surface area (Å²) in [4.78, 5) is 28.7. The number of ether oxygens (including phenoxy) is 1. The van der Waals surface area contributed by atoms with Crippen LogP contribution in [0.3, 0.4) is 0 Å². The molecule has 0 aliphatic heterocycles. The molecule has 0 spiro atoms. The highest BCUT2D eigenvalue weighted by Crippen LogP contribution is 2.09. The summed E-state index contributed by atoms with van der Waals surface area (Å²) in [7, 11) is 1.39. The predicted octanol–water partition coefficient (Wildman–Crippen LogP) is 2.99. The lowest BCUT2D eigenvalue weighted by atomic mass is 10.1. The minimum absolute atomic E-state index is 0.0646. The quantitative estimate of drug-likeness (QED) is 0.424. The maximum atomic E-state index is 12.8. The summed E-state index contributed by atoms with van der Waals surface area (Å²) in [6.45, 7) is 10.4. The van der Waals surface area contributed by atoms with Gasteiger partial charge in [-0.2, -0.15) is 0 Å². The van der Waals surface area contributed by atoms with Crippen LogP contribution in [0, 0.1) is 5.92 Å². The zero-order valence-corrected chi connectivity index (χ0v) is 16.7. The summed E-state index contributed by atoms with van der Waals surface area (Å²) in [6.07, 6.45) is 2.35. The van der Waals surface area contributed by atoms with Gasteiger partial charge < -0.3 is 14.5 Å². The Hall–Kier alpha value is -1.88. The second-order valence-electron chi connectivity index (χ2n) is 6.66. The van der Waals surface area contributed by atoms with Crippen molar-refractivity contribution < 1.29 is 14.3 Å². The van der Waals surface area contributed by atoms with Gasteiger partial charge in [0.2, 0.25) is 5.91 Å². The van der Waals surface area contributed by atoms with Crippen LogP contribution >= 0.6 is 0 Å². The minimum Gasteiger partial charge on any atom is -0.469 e. The average molecular weight is 363 g/mol. The number of carbonyl (C=O) groups is 2. The summed E-state index contributed by atoms with van der Waals surface area (Å²) in [5, 5.41) is 0. The minimum atomic E-state index is -0.317. The fourth-order valence-electron chi connectivity index (χ4n) is 2.98. The van der Waals surface area contributed by atoms with E-state index in [9.17, 15) is 9.59 Å². The molecule has 1 amide bonds. The highest BCUT2D eigenvalue weighted by molar-refractivity contribution is 5.80. The molecule has 0 aliphatic rings. The van der Waals surface area contributed by atoms with Crippen molar-refractivity contribution in [3.63, 3.8) is 0 Å². The molecule has 146 valence electrons. The topological polar surface area (TPSA) is 49.9 Å². The van der Waals surface area contributed by atoms with Gasteiger partial charge in [0, 0.05) is 13.1 Å². The molecule has 0 saturated carbocycles. The fraction of sp³-hybridized carbons (Fsp3) is 0.619. The third kappa shape index (κ3) is 8.00. The van der Waals surface area contributed by atoms with E-state index in [1.807, 2.05) is 42.2 Å². The Labute approximate surface area is 158 Å². The Morgan fingerprint density at radius 2 is 1.65 bits per heavy atom. The van der Waals surface area contributed by atoms with Crippen LogP contribution in [0.25, 0.3) is 0 Å². The van der Waals surface area contributed by atoms with Crippen LogP contribution in [-0.4, -0.2) is 61.5 Å². The maximum absolute atomic E-state index is 12.8. The molecular weight excluding hydrogens is 328 g/mol. The molecule has 0 bridgehead atoms. The summed E-state index contributed by atoms with van der Waals surface area (Å²) >= 11 is 0. The van der Waals surface area contributed by atoms with Gasteiger partial charge in [-0.15, -0.1) is 0 Å². The molecule has 1 unspecified atom stereocenters. The van der Waals surface area contributed by atoms with Gasteiger partial charge in [-0.25, -0.2) is 0 Å². The first-order valence-electron chi connectivity index (χ1n) is 9.63. The second-order valence-corrected chi connectivity index (χ2v) is 6.66. The molecule has 5 heteroatoms. The fourth-order valence-corrected chi connectivity index (χ4v) is 2.98. The van der Waals surface area contributed by atoms with E-state index in [0.29, 0.717) is 19.5 Å². The van der Waals surface area contributed by atoms with Gasteiger partial charge in [0.1, 0.15) is 0 Å². The molecule has 1 aromatic carbocycles. The van der Waals surface area contributed by atoms with Gasteiger partial charge >= 0.3 is 5.97 Å². The summed E-state index contributed by atoms with van der Waals surface area (Å²) < 4.78 is 4.81. The van der Waals surface area contributed by atoms with Gasteiger partial charge in [0.25, 0.3) is 0 Å². The zero-order valence-electron chi connectivity index (χ0n) is 16.7. The van der Waals surface area contributed by atoms with E-state index in [2.05, 4.69) is 18.7 Å². The highest BCUT2D eigenvalue weighted by Gasteiger charge is 2.21. The number of hydrogen-bond acceptors (Lipinski definition) is 4. The molecule has 0 saturated heterocycles. The maximum Gasteiger partial charge on any atom is 0.310 e. The van der Waals surface area contributed by atoms with Gasteiger partial charge in [0.05, 0.1) is 19.4 Å². The van der Waals surface area contributed by atoms with Gasteiger partial charge in [-0.3, -0.25) is 9.59 Å². The van der Waals surface area contributed by atoms with Crippen molar-refractivity contribution >= 4 is 11.9 Å². The Kier molecular flexibility index (Phi) is 10.6. The van der Waals surface area contributed by atoms with Crippen LogP contribution in [0.2, 0.25) is 0 Å². The van der Waals surface area contributed by atoms with Crippen molar-refractivity contribution in [2.24, 2.45) is 5.92 Å². The highest BCUT2D eigenvalue weighted by atomic mass is 16.5. The standard InChI is InChI=1S/C21H34N2O3/c1-5-22(6-2)14-10-11-15-23(17-18(3)21(25)26-4)20(24)16-19-12-8-7-9-13-19/h7-9,12-13,18H,5-6,10-11,14-17H2,1-4H3. The van der Waals surface area contributed by atoms with Crippen molar-refractivity contribution in [3.05, 3.63) is 35.9 Å². The molecule has 1 rings (SSSR count). The van der Waals surface area contributed by atoms with Crippen LogP contribution < -0.4 is 0 Å². The molecular formula is C21H34N2O3. The van der Waals surface area contributed by atoms with E-state index in [1.165, 1.54) is 7.11 Å². The number of nitrogens with zero attached hydrogens (tertiary/aromatic N) is 2. The summed E-state index contributed by atoms with van der Waals surface area (Å²) in [5.74, 6) is -0.525. The van der Waals surface area contributed by atoms with Crippen LogP contribution in [0.4, 0.5) is 0 Å². The SMILES string of the molecule is CCN(CC)CCCCN(CC(C)C(=O)OC)C(=O)Cc1ccccc1. The molecule has 0 heterocycles. The number of unbranched alkanes of at least 4 members (excludes halogenated alkanes) is 1. The van der Waals surface area contributed by atoms with E-state index < -0.39 is 0 Å². The van der Waals surface area contributed by atoms with E-state index in [1.54, 1.807) is 0 Å². The molecule has 0 aliphatic carbocycles. The second kappa shape index (κ2) is 12.5. The molecule has 0 radical (unpaired) electrons. The number of carbonyl (C=O) groups excluding carboxylic acids is 2. The van der Waals surface area contributed by atoms with E-state index in [4.69, 9.17) is 4.74 Å². The number of hydrogen-bond donors (Lipinski definition) is 0. The lowest BCUT2D eigenvalue weighted by Crippen LogP contribution is -2.39. The van der Waals surface area contributed by atoms with Gasteiger partial charge in [-0.1, -0.05) is 51.1 Å². The van der Waals surface area contributed by atoms with Gasteiger partial charge in [-0.05, 0) is 38.0 Å². The van der Waals surface area contributed by atoms with E-state index in [0.717, 1.165) is 38.0 Å². The van der Waals surface area contributed by atoms with Crippen molar-refractivity contribution in [2.45, 2.75) is 40.0 Å². The Bertz CT molecular complexity index is 529. The molecule has 1 aromatic rings. The number of rotatable bonds is 12. The first-order valence-corrected chi connectivity index (χ1v) is 9.63. The normalized spacial score (nSPS) is 12.0. The summed E-state index contributed by atoms with van der Waals surface area (Å²) in [5.41, 5.74) is 0.997. The molecule has 0 N–H and O–H groups in total. The lowest BCUT2D eigenvalue weighted by Gasteiger charge is -2.26. The number of amides is 1. The molecule has 0 aromatic heterocycles. The van der Waals surface area contributed by atoms with Crippen molar-refractivity contribution in [2.75, 3.05) is 39.8 Å². The monoisotopic (exact) mass is 362 g/mol. The largest absolute Gasteiger partial charge is 0.469 e. The third-order valence-electron chi connectivity index (χ3n) is 4.70. The van der Waals surface area contributed by atoms with Crippen LogP contribution in [0.5, 0.6) is 0 Å². The predicted molar refractivity (Wildman–Crippen MR) is 105 cm³/mol.